The Labute approximate surface area is 129 Å². The van der Waals surface area contributed by atoms with Crippen LogP contribution >= 0.6 is 11.3 Å². The van der Waals surface area contributed by atoms with E-state index >= 15 is 0 Å². The molecule has 0 saturated heterocycles. The van der Waals surface area contributed by atoms with Crippen molar-refractivity contribution in [1.82, 2.24) is 15.6 Å². The fraction of sp³-hybridized carbons (Fsp3) is 0.643. The van der Waals surface area contributed by atoms with Crippen LogP contribution in [0.15, 0.2) is 11.6 Å². The van der Waals surface area contributed by atoms with E-state index in [0.29, 0.717) is 6.42 Å². The first-order valence-corrected chi connectivity index (χ1v) is 7.71. The molecule has 2 amide bonds. The molecule has 0 fully saturated rings. The number of thiazole rings is 1. The largest absolute Gasteiger partial charge is 0.481 e. The number of nitrogens with one attached hydrogen (secondary N) is 2. The van der Waals surface area contributed by atoms with E-state index in [9.17, 15) is 14.7 Å². The molecule has 0 aliphatic heterocycles. The molecule has 0 aromatic carbocycles. The summed E-state index contributed by atoms with van der Waals surface area (Å²) in [5.74, 6) is -0.959. The van der Waals surface area contributed by atoms with Gasteiger partial charge in [-0.15, -0.1) is 11.3 Å². The van der Waals surface area contributed by atoms with Crippen LogP contribution in [0, 0.1) is 5.41 Å². The van der Waals surface area contributed by atoms with Gasteiger partial charge in [0.05, 0.1) is 17.0 Å². The number of carboxylic acids is 1. The number of aromatic nitrogens is 1. The third kappa shape index (κ3) is 3.93. The van der Waals surface area contributed by atoms with Gasteiger partial charge in [-0.25, -0.2) is 9.78 Å². The highest BCUT2D eigenvalue weighted by atomic mass is 32.1. The molecule has 0 aliphatic carbocycles. The molecule has 118 valence electrons. The van der Waals surface area contributed by atoms with E-state index < -0.39 is 23.0 Å². The van der Waals surface area contributed by atoms with Gasteiger partial charge in [-0.05, 0) is 34.1 Å². The summed E-state index contributed by atoms with van der Waals surface area (Å²) >= 11 is 1.48. The van der Waals surface area contributed by atoms with Crippen molar-refractivity contribution in [3.05, 3.63) is 16.6 Å². The minimum Gasteiger partial charge on any atom is -0.481 e. The van der Waals surface area contributed by atoms with Crippen LogP contribution in [0.5, 0.6) is 0 Å². The van der Waals surface area contributed by atoms with E-state index in [0.717, 1.165) is 5.01 Å². The summed E-state index contributed by atoms with van der Waals surface area (Å²) in [7, 11) is 0. The molecule has 0 saturated carbocycles. The predicted octanol–water partition coefficient (Wildman–Crippen LogP) is 2.78. The molecule has 0 aliphatic rings. The van der Waals surface area contributed by atoms with E-state index in [4.69, 9.17) is 0 Å². The number of carbonyl (C=O) groups excluding carboxylic acids is 1. The van der Waals surface area contributed by atoms with Crippen molar-refractivity contribution in [2.75, 3.05) is 0 Å². The third-order valence-corrected chi connectivity index (χ3v) is 4.88. The Balaban J connectivity index is 2.75. The maximum absolute atomic E-state index is 12.2. The molecule has 6 nitrogen and oxygen atoms in total. The number of urea groups is 1. The molecule has 1 atom stereocenters. The first-order valence-electron chi connectivity index (χ1n) is 6.83. The second-order valence-corrected chi connectivity index (χ2v) is 6.91. The molecule has 21 heavy (non-hydrogen) atoms. The van der Waals surface area contributed by atoms with Crippen LogP contribution in [0.1, 0.15) is 52.1 Å². The van der Waals surface area contributed by atoms with Crippen LogP contribution in [0.2, 0.25) is 0 Å². The lowest BCUT2D eigenvalue weighted by molar-refractivity contribution is -0.150. The van der Waals surface area contributed by atoms with Crippen LogP contribution in [-0.4, -0.2) is 27.6 Å². The van der Waals surface area contributed by atoms with Crippen molar-refractivity contribution in [2.24, 2.45) is 5.41 Å². The van der Waals surface area contributed by atoms with E-state index in [1.165, 1.54) is 11.3 Å². The molecule has 1 aromatic heterocycles. The van der Waals surface area contributed by atoms with Crippen molar-refractivity contribution in [2.45, 2.75) is 52.6 Å². The van der Waals surface area contributed by atoms with E-state index in [1.807, 2.05) is 12.3 Å². The Morgan fingerprint density at radius 3 is 2.43 bits per heavy atom. The molecule has 1 rings (SSSR count). The summed E-state index contributed by atoms with van der Waals surface area (Å²) in [6, 6.07) is -0.565. The summed E-state index contributed by atoms with van der Waals surface area (Å²) < 4.78 is 0. The maximum atomic E-state index is 12.2. The van der Waals surface area contributed by atoms with Gasteiger partial charge < -0.3 is 15.7 Å². The number of rotatable bonds is 6. The lowest BCUT2D eigenvalue weighted by atomic mass is 9.74. The fourth-order valence-electron chi connectivity index (χ4n) is 1.65. The summed E-state index contributed by atoms with van der Waals surface area (Å²) in [5, 5.41) is 17.6. The molecular weight excluding hydrogens is 290 g/mol. The molecule has 1 unspecified atom stereocenters. The van der Waals surface area contributed by atoms with Gasteiger partial charge >= 0.3 is 12.0 Å². The summed E-state index contributed by atoms with van der Waals surface area (Å²) in [6.07, 6.45) is 2.41. The highest BCUT2D eigenvalue weighted by Gasteiger charge is 2.44. The number of carboxylic acid groups (broad SMARTS) is 1. The smallest absolute Gasteiger partial charge is 0.315 e. The number of carbonyl (C=O) groups is 2. The third-order valence-electron chi connectivity index (χ3n) is 3.99. The Hall–Kier alpha value is -1.63. The Kier molecular flexibility index (Phi) is 5.33. The van der Waals surface area contributed by atoms with E-state index in [-0.39, 0.29) is 6.04 Å². The zero-order valence-electron chi connectivity index (χ0n) is 13.1. The van der Waals surface area contributed by atoms with Gasteiger partial charge in [0.1, 0.15) is 5.01 Å². The molecule has 0 bridgehead atoms. The summed E-state index contributed by atoms with van der Waals surface area (Å²) in [5.41, 5.74) is -1.99. The topological polar surface area (TPSA) is 91.3 Å². The number of hydrogen-bond donors (Lipinski definition) is 3. The van der Waals surface area contributed by atoms with Gasteiger partial charge in [-0.3, -0.25) is 4.79 Å². The average Bonchev–Trinajstić information content (AvgIpc) is 2.88. The molecule has 0 radical (unpaired) electrons. The fourth-order valence-corrected chi connectivity index (χ4v) is 2.42. The van der Waals surface area contributed by atoms with Gasteiger partial charge in [0.25, 0.3) is 0 Å². The zero-order chi connectivity index (χ0) is 16.3. The quantitative estimate of drug-likeness (QED) is 0.753. The normalized spacial score (nSPS) is 13.6. The van der Waals surface area contributed by atoms with Crippen molar-refractivity contribution in [3.8, 4) is 0 Å². The first-order chi connectivity index (χ1) is 9.61. The van der Waals surface area contributed by atoms with Gasteiger partial charge in [0.15, 0.2) is 0 Å². The molecular formula is C14H23N3O3S. The lowest BCUT2D eigenvalue weighted by Gasteiger charge is -2.39. The predicted molar refractivity (Wildman–Crippen MR) is 82.3 cm³/mol. The highest BCUT2D eigenvalue weighted by molar-refractivity contribution is 7.09. The lowest BCUT2D eigenvalue weighted by Crippen LogP contribution is -2.59. The van der Waals surface area contributed by atoms with Gasteiger partial charge in [0, 0.05) is 11.6 Å². The molecule has 1 aromatic rings. The molecule has 3 N–H and O–H groups in total. The zero-order valence-corrected chi connectivity index (χ0v) is 13.9. The van der Waals surface area contributed by atoms with Crippen LogP contribution in [0.4, 0.5) is 4.79 Å². The second kappa shape index (κ2) is 6.43. The number of amides is 2. The number of nitrogens with zero attached hydrogens (tertiary/aromatic N) is 1. The highest BCUT2D eigenvalue weighted by Crippen LogP contribution is 2.30. The number of hydrogen-bond acceptors (Lipinski definition) is 4. The SMILES string of the molecule is CCC(NC(=O)NC(C)(C)C(C)(C)C(=O)O)c1nccs1. The second-order valence-electron chi connectivity index (χ2n) is 5.98. The first kappa shape index (κ1) is 17.4. The van der Waals surface area contributed by atoms with Crippen molar-refractivity contribution in [3.63, 3.8) is 0 Å². The Bertz CT molecular complexity index is 498. The molecule has 0 spiro atoms. The average molecular weight is 313 g/mol. The van der Waals surface area contributed by atoms with E-state index in [1.54, 1.807) is 33.9 Å². The van der Waals surface area contributed by atoms with Crippen LogP contribution < -0.4 is 10.6 Å². The van der Waals surface area contributed by atoms with E-state index in [2.05, 4.69) is 15.6 Å². The van der Waals surface area contributed by atoms with Crippen LogP contribution in [0.25, 0.3) is 0 Å². The number of aliphatic carboxylic acids is 1. The van der Waals surface area contributed by atoms with Crippen molar-refractivity contribution >= 4 is 23.3 Å². The maximum Gasteiger partial charge on any atom is 0.315 e. The van der Waals surface area contributed by atoms with Crippen molar-refractivity contribution < 1.29 is 14.7 Å². The van der Waals surface area contributed by atoms with Gasteiger partial charge in [-0.2, -0.15) is 0 Å². The minimum atomic E-state index is -1.09. The van der Waals surface area contributed by atoms with Gasteiger partial charge in [-0.1, -0.05) is 6.92 Å². The standard InChI is InChI=1S/C14H23N3O3S/c1-6-9(10-15-7-8-21-10)16-12(20)17-14(4,5)13(2,3)11(18)19/h7-9H,6H2,1-5H3,(H,18,19)(H2,16,17,20). The Morgan fingerprint density at radius 1 is 1.38 bits per heavy atom. The van der Waals surface area contributed by atoms with Crippen molar-refractivity contribution in [1.29, 1.82) is 0 Å². The summed E-state index contributed by atoms with van der Waals surface area (Å²) in [6.45, 7) is 8.54. The van der Waals surface area contributed by atoms with Crippen LogP contribution in [0.3, 0.4) is 0 Å². The molecule has 1 heterocycles. The summed E-state index contributed by atoms with van der Waals surface area (Å²) in [4.78, 5) is 27.7. The minimum absolute atomic E-state index is 0.172. The monoisotopic (exact) mass is 313 g/mol. The van der Waals surface area contributed by atoms with Crippen LogP contribution in [-0.2, 0) is 4.79 Å². The van der Waals surface area contributed by atoms with Gasteiger partial charge in [0.2, 0.25) is 0 Å². The molecule has 7 heteroatoms. The Morgan fingerprint density at radius 2 is 2.00 bits per heavy atom.